The van der Waals surface area contributed by atoms with E-state index in [1.54, 1.807) is 13.0 Å². The van der Waals surface area contributed by atoms with Gasteiger partial charge in [0.2, 0.25) is 10.0 Å². The Labute approximate surface area is 119 Å². The molecule has 2 N–H and O–H groups in total. The molecule has 0 aromatic heterocycles. The van der Waals surface area contributed by atoms with Crippen LogP contribution in [-0.4, -0.2) is 25.8 Å². The van der Waals surface area contributed by atoms with Gasteiger partial charge in [0.05, 0.1) is 5.02 Å². The summed E-state index contributed by atoms with van der Waals surface area (Å²) in [6.45, 7) is 6.97. The third kappa shape index (κ3) is 2.73. The van der Waals surface area contributed by atoms with Crippen LogP contribution in [0.5, 0.6) is 0 Å². The van der Waals surface area contributed by atoms with Crippen molar-refractivity contribution < 1.29 is 8.42 Å². The molecule has 1 heterocycles. The first kappa shape index (κ1) is 14.6. The maximum absolute atomic E-state index is 12.6. The fraction of sp³-hybridized carbons (Fsp3) is 0.538. The topological polar surface area (TPSA) is 63.4 Å². The molecule has 4 nitrogen and oxygen atoms in total. The first-order valence-electron chi connectivity index (χ1n) is 6.19. The molecule has 1 saturated heterocycles. The van der Waals surface area contributed by atoms with Crippen LogP contribution >= 0.6 is 11.6 Å². The van der Waals surface area contributed by atoms with Crippen molar-refractivity contribution in [3.63, 3.8) is 0 Å². The van der Waals surface area contributed by atoms with Crippen molar-refractivity contribution in [2.45, 2.75) is 32.1 Å². The van der Waals surface area contributed by atoms with Crippen molar-refractivity contribution in [3.05, 3.63) is 22.7 Å². The van der Waals surface area contributed by atoms with Crippen LogP contribution in [0.15, 0.2) is 17.0 Å². The van der Waals surface area contributed by atoms with E-state index in [2.05, 4.69) is 13.8 Å². The second-order valence-corrected chi connectivity index (χ2v) is 8.21. The van der Waals surface area contributed by atoms with Crippen LogP contribution in [0.2, 0.25) is 5.02 Å². The first-order valence-corrected chi connectivity index (χ1v) is 8.01. The average molecular weight is 303 g/mol. The number of nitrogens with zero attached hydrogens (tertiary/aromatic N) is 1. The predicted octanol–water partition coefficient (Wildman–Crippen LogP) is 2.65. The van der Waals surface area contributed by atoms with Crippen LogP contribution in [0.4, 0.5) is 5.69 Å². The van der Waals surface area contributed by atoms with Crippen LogP contribution in [0.1, 0.15) is 25.8 Å². The van der Waals surface area contributed by atoms with E-state index in [0.29, 0.717) is 18.8 Å². The minimum atomic E-state index is -3.56. The number of sulfonamides is 1. The molecule has 1 aliphatic rings. The van der Waals surface area contributed by atoms with E-state index < -0.39 is 10.0 Å². The quantitative estimate of drug-likeness (QED) is 0.854. The Bertz CT molecular complexity index is 611. The van der Waals surface area contributed by atoms with Crippen LogP contribution in [-0.2, 0) is 10.0 Å². The summed E-state index contributed by atoms with van der Waals surface area (Å²) >= 11 is 6.07. The number of hydrogen-bond donors (Lipinski definition) is 1. The van der Waals surface area contributed by atoms with Gasteiger partial charge in [-0.15, -0.1) is 0 Å². The molecule has 0 spiro atoms. The highest BCUT2D eigenvalue weighted by Crippen LogP contribution is 2.35. The summed E-state index contributed by atoms with van der Waals surface area (Å²) in [4.78, 5) is 0.106. The van der Waals surface area contributed by atoms with Crippen molar-refractivity contribution in [1.82, 2.24) is 4.31 Å². The SMILES string of the molecule is Cc1cc(Cl)c(S(=O)(=O)N2CCC(C)(C)C2)cc1N. The van der Waals surface area contributed by atoms with Gasteiger partial charge in [-0.1, -0.05) is 25.4 Å². The lowest BCUT2D eigenvalue weighted by Crippen LogP contribution is -2.30. The minimum absolute atomic E-state index is 0.00971. The summed E-state index contributed by atoms with van der Waals surface area (Å²) in [6.07, 6.45) is 0.852. The molecule has 0 radical (unpaired) electrons. The standard InChI is InChI=1S/C13H19ClN2O2S/c1-9-6-10(14)12(7-11(9)15)19(17,18)16-5-4-13(2,3)8-16/h6-7H,4-5,8,15H2,1-3H3. The predicted molar refractivity (Wildman–Crippen MR) is 77.8 cm³/mol. The molecule has 0 aliphatic carbocycles. The van der Waals surface area contributed by atoms with Crippen molar-refractivity contribution >= 4 is 27.3 Å². The summed E-state index contributed by atoms with van der Waals surface area (Å²) in [5, 5.41) is 0.233. The molecule has 0 amide bonds. The molecule has 1 aromatic carbocycles. The summed E-state index contributed by atoms with van der Waals surface area (Å²) in [5.41, 5.74) is 7.04. The normalized spacial score (nSPS) is 19.8. The fourth-order valence-corrected chi connectivity index (χ4v) is 4.49. The summed E-state index contributed by atoms with van der Waals surface area (Å²) in [5.74, 6) is 0. The molecule has 2 rings (SSSR count). The van der Waals surface area contributed by atoms with E-state index in [0.717, 1.165) is 12.0 Å². The zero-order valence-corrected chi connectivity index (χ0v) is 13.0. The smallest absolute Gasteiger partial charge is 0.244 e. The van der Waals surface area contributed by atoms with Gasteiger partial charge >= 0.3 is 0 Å². The number of hydrogen-bond acceptors (Lipinski definition) is 3. The number of nitrogens with two attached hydrogens (primary N) is 1. The molecule has 0 atom stereocenters. The second-order valence-electron chi connectivity index (χ2n) is 5.89. The third-order valence-electron chi connectivity index (χ3n) is 3.58. The average Bonchev–Trinajstić information content (AvgIpc) is 2.64. The number of anilines is 1. The maximum Gasteiger partial charge on any atom is 0.244 e. The van der Waals surface area contributed by atoms with E-state index >= 15 is 0 Å². The molecule has 6 heteroatoms. The zero-order valence-electron chi connectivity index (χ0n) is 11.4. The van der Waals surface area contributed by atoms with Crippen molar-refractivity contribution in [2.75, 3.05) is 18.8 Å². The van der Waals surface area contributed by atoms with Gasteiger partial charge in [-0.25, -0.2) is 8.42 Å². The Balaban J connectivity index is 2.44. The van der Waals surface area contributed by atoms with E-state index in [1.807, 2.05) is 0 Å². The molecular weight excluding hydrogens is 284 g/mol. The molecule has 0 saturated carbocycles. The van der Waals surface area contributed by atoms with Crippen LogP contribution in [0.25, 0.3) is 0 Å². The van der Waals surface area contributed by atoms with Gasteiger partial charge in [0.25, 0.3) is 0 Å². The molecule has 0 unspecified atom stereocenters. The van der Waals surface area contributed by atoms with Crippen LogP contribution in [0.3, 0.4) is 0 Å². The van der Waals surface area contributed by atoms with E-state index in [4.69, 9.17) is 17.3 Å². The van der Waals surface area contributed by atoms with E-state index in [1.165, 1.54) is 10.4 Å². The van der Waals surface area contributed by atoms with Gasteiger partial charge < -0.3 is 5.73 Å². The molecule has 1 fully saturated rings. The Morgan fingerprint density at radius 3 is 2.53 bits per heavy atom. The van der Waals surface area contributed by atoms with Gasteiger partial charge in [-0.05, 0) is 36.5 Å². The van der Waals surface area contributed by atoms with E-state index in [9.17, 15) is 8.42 Å². The molecule has 106 valence electrons. The van der Waals surface area contributed by atoms with Gasteiger partial charge in [0.15, 0.2) is 0 Å². The minimum Gasteiger partial charge on any atom is -0.398 e. The number of benzene rings is 1. The van der Waals surface area contributed by atoms with Gasteiger partial charge in [-0.3, -0.25) is 0 Å². The van der Waals surface area contributed by atoms with Crippen LogP contribution in [0, 0.1) is 12.3 Å². The first-order chi connectivity index (χ1) is 8.63. The molecule has 1 aliphatic heterocycles. The van der Waals surface area contributed by atoms with Gasteiger partial charge in [-0.2, -0.15) is 4.31 Å². The zero-order chi connectivity index (χ0) is 14.4. The van der Waals surface area contributed by atoms with E-state index in [-0.39, 0.29) is 15.3 Å². The Kier molecular flexibility index (Phi) is 3.58. The second kappa shape index (κ2) is 4.65. The highest BCUT2D eigenvalue weighted by molar-refractivity contribution is 7.89. The third-order valence-corrected chi connectivity index (χ3v) is 5.89. The number of halogens is 1. The van der Waals surface area contributed by atoms with Gasteiger partial charge in [0.1, 0.15) is 4.90 Å². The largest absolute Gasteiger partial charge is 0.398 e. The monoisotopic (exact) mass is 302 g/mol. The molecular formula is C13H19ClN2O2S. The number of aryl methyl sites for hydroxylation is 1. The maximum atomic E-state index is 12.6. The summed E-state index contributed by atoms with van der Waals surface area (Å²) in [6, 6.07) is 3.06. The highest BCUT2D eigenvalue weighted by atomic mass is 35.5. The highest BCUT2D eigenvalue weighted by Gasteiger charge is 2.37. The number of nitrogen functional groups attached to an aromatic ring is 1. The van der Waals surface area contributed by atoms with Crippen LogP contribution < -0.4 is 5.73 Å². The Morgan fingerprint density at radius 2 is 2.00 bits per heavy atom. The fourth-order valence-electron chi connectivity index (χ4n) is 2.27. The Morgan fingerprint density at radius 1 is 1.37 bits per heavy atom. The lowest BCUT2D eigenvalue weighted by Gasteiger charge is -2.20. The summed E-state index contributed by atoms with van der Waals surface area (Å²) in [7, 11) is -3.56. The van der Waals surface area contributed by atoms with Crippen molar-refractivity contribution in [2.24, 2.45) is 5.41 Å². The number of rotatable bonds is 2. The lowest BCUT2D eigenvalue weighted by atomic mass is 9.93. The molecule has 19 heavy (non-hydrogen) atoms. The Hall–Kier alpha value is -0.780. The van der Waals surface area contributed by atoms with Crippen molar-refractivity contribution in [1.29, 1.82) is 0 Å². The molecule has 0 bridgehead atoms. The van der Waals surface area contributed by atoms with Crippen molar-refractivity contribution in [3.8, 4) is 0 Å². The summed E-state index contributed by atoms with van der Waals surface area (Å²) < 4.78 is 26.7. The molecule has 1 aromatic rings. The lowest BCUT2D eigenvalue weighted by molar-refractivity contribution is 0.375. The van der Waals surface area contributed by atoms with Gasteiger partial charge in [0, 0.05) is 18.8 Å².